The fourth-order valence-electron chi connectivity index (χ4n) is 3.97. The largest absolute Gasteiger partial charge is 0.481 e. The van der Waals surface area contributed by atoms with E-state index in [9.17, 15) is 15.0 Å². The fourth-order valence-corrected chi connectivity index (χ4v) is 3.97. The van der Waals surface area contributed by atoms with E-state index in [0.717, 1.165) is 44.2 Å². The second-order valence-corrected chi connectivity index (χ2v) is 7.51. The highest BCUT2D eigenvalue weighted by atomic mass is 16.6. The van der Waals surface area contributed by atoms with Gasteiger partial charge in [-0.3, -0.25) is 15.1 Å². The van der Waals surface area contributed by atoms with Crippen LogP contribution in [0.5, 0.6) is 0 Å². The van der Waals surface area contributed by atoms with E-state index in [1.165, 1.54) is 0 Å². The average Bonchev–Trinajstić information content (AvgIpc) is 3.09. The zero-order valence-corrected chi connectivity index (χ0v) is 15.6. The molecule has 0 bridgehead atoms. The van der Waals surface area contributed by atoms with Gasteiger partial charge in [0.15, 0.2) is 0 Å². The van der Waals surface area contributed by atoms with Crippen LogP contribution in [-0.2, 0) is 9.63 Å². The van der Waals surface area contributed by atoms with Gasteiger partial charge in [-0.2, -0.15) is 0 Å². The summed E-state index contributed by atoms with van der Waals surface area (Å²) < 4.78 is 0. The van der Waals surface area contributed by atoms with E-state index in [1.807, 2.05) is 12.2 Å². The molecule has 0 heterocycles. The highest BCUT2D eigenvalue weighted by Crippen LogP contribution is 2.46. The Labute approximate surface area is 155 Å². The molecule has 0 saturated heterocycles. The molecule has 0 aromatic heterocycles. The third kappa shape index (κ3) is 6.41. The molecule has 0 spiro atoms. The molecule has 1 fully saturated rings. The van der Waals surface area contributed by atoms with E-state index in [2.05, 4.69) is 18.5 Å². The van der Waals surface area contributed by atoms with Crippen LogP contribution in [0.15, 0.2) is 23.9 Å². The van der Waals surface area contributed by atoms with Crippen LogP contribution in [0.1, 0.15) is 58.3 Å². The molecule has 148 valence electrons. The summed E-state index contributed by atoms with van der Waals surface area (Å²) in [6.45, 7) is 2.50. The van der Waals surface area contributed by atoms with Gasteiger partial charge in [-0.15, -0.1) is 0 Å². The zero-order chi connectivity index (χ0) is 18.9. The standard InChI is InChI=1S/C20H33NO5/c1-2-3-4-6-16(22)8-9-17-18-13-15(11-14(18)12-19(17)23)21-26-10-5-7-20(24)25/h8-9,13-14,16-19,21-23H,2-7,10-12H2,1H3,(H,24,25)/t14-,16?,17+,18+,19+/m0/s1. The molecule has 6 heteroatoms. The van der Waals surface area contributed by atoms with Crippen LogP contribution in [0.2, 0.25) is 0 Å². The Kier molecular flexibility index (Phi) is 8.62. The number of aliphatic hydroxyl groups is 2. The van der Waals surface area contributed by atoms with E-state index in [-0.39, 0.29) is 24.4 Å². The summed E-state index contributed by atoms with van der Waals surface area (Å²) in [5, 5.41) is 29.0. The molecule has 0 aromatic rings. The van der Waals surface area contributed by atoms with Gasteiger partial charge in [0.25, 0.3) is 0 Å². The van der Waals surface area contributed by atoms with E-state index in [4.69, 9.17) is 9.94 Å². The van der Waals surface area contributed by atoms with Crippen molar-refractivity contribution in [2.24, 2.45) is 17.8 Å². The van der Waals surface area contributed by atoms with Gasteiger partial charge >= 0.3 is 5.97 Å². The summed E-state index contributed by atoms with van der Waals surface area (Å²) in [6, 6.07) is 0. The second kappa shape index (κ2) is 10.7. The number of unbranched alkanes of at least 4 members (excludes halogenated alkanes) is 2. The smallest absolute Gasteiger partial charge is 0.303 e. The van der Waals surface area contributed by atoms with Gasteiger partial charge < -0.3 is 15.3 Å². The third-order valence-corrected chi connectivity index (χ3v) is 5.35. The van der Waals surface area contributed by atoms with Crippen molar-refractivity contribution in [2.45, 2.75) is 70.5 Å². The molecule has 1 unspecified atom stereocenters. The molecule has 2 rings (SSSR count). The maximum Gasteiger partial charge on any atom is 0.303 e. The molecular formula is C20H33NO5. The lowest BCUT2D eigenvalue weighted by atomic mass is 9.91. The van der Waals surface area contributed by atoms with Gasteiger partial charge in [-0.25, -0.2) is 0 Å². The molecule has 1 saturated carbocycles. The van der Waals surface area contributed by atoms with Crippen molar-refractivity contribution in [3.63, 3.8) is 0 Å². The number of carboxylic acid groups (broad SMARTS) is 1. The summed E-state index contributed by atoms with van der Waals surface area (Å²) in [5.41, 5.74) is 3.94. The highest BCUT2D eigenvalue weighted by Gasteiger charge is 2.43. The van der Waals surface area contributed by atoms with Crippen molar-refractivity contribution in [3.8, 4) is 0 Å². The van der Waals surface area contributed by atoms with Crippen LogP contribution in [0.4, 0.5) is 0 Å². The summed E-state index contributed by atoms with van der Waals surface area (Å²) in [4.78, 5) is 15.8. The van der Waals surface area contributed by atoms with Gasteiger partial charge in [0.2, 0.25) is 0 Å². The Morgan fingerprint density at radius 1 is 1.42 bits per heavy atom. The lowest BCUT2D eigenvalue weighted by molar-refractivity contribution is -0.137. The van der Waals surface area contributed by atoms with Crippen LogP contribution in [-0.4, -0.2) is 40.1 Å². The average molecular weight is 367 g/mol. The third-order valence-electron chi connectivity index (χ3n) is 5.35. The number of rotatable bonds is 12. The highest BCUT2D eigenvalue weighted by molar-refractivity contribution is 5.66. The number of hydrogen-bond donors (Lipinski definition) is 4. The Bertz CT molecular complexity index is 504. The minimum Gasteiger partial charge on any atom is -0.481 e. The number of fused-ring (bicyclic) bond motifs is 1. The molecule has 6 nitrogen and oxygen atoms in total. The number of carboxylic acids is 1. The predicted octanol–water partition coefficient (Wildman–Crippen LogP) is 2.77. The summed E-state index contributed by atoms with van der Waals surface area (Å²) in [6.07, 6.45) is 11.4. The number of aliphatic hydroxyl groups excluding tert-OH is 2. The van der Waals surface area contributed by atoms with Crippen molar-refractivity contribution >= 4 is 5.97 Å². The fraction of sp³-hybridized carbons (Fsp3) is 0.750. The maximum atomic E-state index is 10.5. The molecule has 0 aliphatic heterocycles. The summed E-state index contributed by atoms with van der Waals surface area (Å²) in [7, 11) is 0. The van der Waals surface area contributed by atoms with Gasteiger partial charge in [0.1, 0.15) is 0 Å². The predicted molar refractivity (Wildman–Crippen MR) is 99.0 cm³/mol. The minimum absolute atomic E-state index is 0.0344. The van der Waals surface area contributed by atoms with Crippen LogP contribution in [0.3, 0.4) is 0 Å². The molecule has 26 heavy (non-hydrogen) atoms. The maximum absolute atomic E-state index is 10.5. The van der Waals surface area contributed by atoms with Crippen molar-refractivity contribution < 1.29 is 25.0 Å². The van der Waals surface area contributed by atoms with E-state index < -0.39 is 12.1 Å². The number of hydroxylamine groups is 1. The Morgan fingerprint density at radius 2 is 2.23 bits per heavy atom. The Hall–Kier alpha value is -1.37. The van der Waals surface area contributed by atoms with Gasteiger partial charge in [0, 0.05) is 18.0 Å². The van der Waals surface area contributed by atoms with Crippen molar-refractivity contribution in [2.75, 3.05) is 6.61 Å². The Balaban J connectivity index is 1.78. The molecule has 0 aromatic carbocycles. The van der Waals surface area contributed by atoms with Gasteiger partial charge in [0.05, 0.1) is 18.8 Å². The first-order valence-corrected chi connectivity index (χ1v) is 9.86. The monoisotopic (exact) mass is 367 g/mol. The minimum atomic E-state index is -0.816. The first-order chi connectivity index (χ1) is 12.5. The molecule has 2 aliphatic rings. The number of hydrogen-bond acceptors (Lipinski definition) is 5. The number of nitrogens with one attached hydrogen (secondary N) is 1. The van der Waals surface area contributed by atoms with E-state index in [1.54, 1.807) is 0 Å². The second-order valence-electron chi connectivity index (χ2n) is 7.51. The van der Waals surface area contributed by atoms with E-state index >= 15 is 0 Å². The van der Waals surface area contributed by atoms with Gasteiger partial charge in [-0.05, 0) is 37.5 Å². The first-order valence-electron chi connectivity index (χ1n) is 9.86. The van der Waals surface area contributed by atoms with Crippen molar-refractivity contribution in [3.05, 3.63) is 23.9 Å². The normalized spacial score (nSPS) is 29.0. The van der Waals surface area contributed by atoms with Crippen molar-refractivity contribution in [1.82, 2.24) is 5.48 Å². The van der Waals surface area contributed by atoms with E-state index in [0.29, 0.717) is 18.9 Å². The van der Waals surface area contributed by atoms with Gasteiger partial charge in [-0.1, -0.05) is 44.4 Å². The lowest BCUT2D eigenvalue weighted by Gasteiger charge is -2.16. The Morgan fingerprint density at radius 3 is 2.96 bits per heavy atom. The van der Waals surface area contributed by atoms with Crippen molar-refractivity contribution in [1.29, 1.82) is 0 Å². The number of aliphatic carboxylic acids is 1. The molecule has 2 aliphatic carbocycles. The topological polar surface area (TPSA) is 99.0 Å². The zero-order valence-electron chi connectivity index (χ0n) is 15.6. The summed E-state index contributed by atoms with van der Waals surface area (Å²) >= 11 is 0. The van der Waals surface area contributed by atoms with Crippen LogP contribution >= 0.6 is 0 Å². The van der Waals surface area contributed by atoms with Crippen LogP contribution in [0, 0.1) is 17.8 Å². The molecule has 0 amide bonds. The number of carbonyl (C=O) groups is 1. The first kappa shape index (κ1) is 20.9. The molecule has 5 atom stereocenters. The number of allylic oxidation sites excluding steroid dienone is 2. The SMILES string of the molecule is CCCCCC(O)C=C[C@@H]1[C@@H]2C=C(NOCCCC(=O)O)C[C@H]2C[C@H]1O. The molecule has 4 N–H and O–H groups in total. The lowest BCUT2D eigenvalue weighted by Crippen LogP contribution is -2.18. The van der Waals surface area contributed by atoms with Crippen LogP contribution in [0.25, 0.3) is 0 Å². The van der Waals surface area contributed by atoms with Crippen LogP contribution < -0.4 is 5.48 Å². The molecular weight excluding hydrogens is 334 g/mol. The molecule has 0 radical (unpaired) electrons. The quantitative estimate of drug-likeness (QED) is 0.240. The summed E-state index contributed by atoms with van der Waals surface area (Å²) in [5.74, 6) is -0.132.